The predicted molar refractivity (Wildman–Crippen MR) is 97.8 cm³/mol. The highest BCUT2D eigenvalue weighted by molar-refractivity contribution is 9.10. The number of carbonyl (C=O) groups is 1. The molecule has 0 aliphatic rings. The minimum atomic E-state index is -3.58. The van der Waals surface area contributed by atoms with Gasteiger partial charge in [0, 0.05) is 4.47 Å². The second kappa shape index (κ2) is 8.41. The minimum Gasteiger partial charge on any atom is -0.348 e. The summed E-state index contributed by atoms with van der Waals surface area (Å²) in [5.74, 6) is -0.544. The molecule has 0 heterocycles. The lowest BCUT2D eigenvalue weighted by Crippen LogP contribution is -2.38. The van der Waals surface area contributed by atoms with Crippen LogP contribution in [0.2, 0.25) is 0 Å². The molecule has 24 heavy (non-hydrogen) atoms. The summed E-state index contributed by atoms with van der Waals surface area (Å²) >= 11 is 3.30. The van der Waals surface area contributed by atoms with Crippen LogP contribution in [0.1, 0.15) is 24.1 Å². The Morgan fingerprint density at radius 3 is 2.50 bits per heavy atom. The predicted octanol–water partition coefficient (Wildman–Crippen LogP) is 2.75. The van der Waals surface area contributed by atoms with Crippen LogP contribution in [0.5, 0.6) is 0 Å². The van der Waals surface area contributed by atoms with Crippen molar-refractivity contribution in [2.75, 3.05) is 6.54 Å². The van der Waals surface area contributed by atoms with Crippen molar-refractivity contribution < 1.29 is 13.2 Å². The lowest BCUT2D eigenvalue weighted by atomic mass is 10.1. The lowest BCUT2D eigenvalue weighted by molar-refractivity contribution is -0.120. The van der Waals surface area contributed by atoms with Crippen molar-refractivity contribution >= 4 is 31.9 Å². The number of nitrogens with one attached hydrogen (secondary N) is 2. The molecule has 1 atom stereocenters. The van der Waals surface area contributed by atoms with E-state index in [4.69, 9.17) is 0 Å². The summed E-state index contributed by atoms with van der Waals surface area (Å²) in [6, 6.07) is 16.3. The molecule has 2 rings (SSSR count). The topological polar surface area (TPSA) is 75.3 Å². The van der Waals surface area contributed by atoms with Crippen molar-refractivity contribution in [3.63, 3.8) is 0 Å². The van der Waals surface area contributed by atoms with Gasteiger partial charge in [0.05, 0.1) is 18.3 Å². The molecule has 2 N–H and O–H groups in total. The van der Waals surface area contributed by atoms with E-state index in [1.54, 1.807) is 18.2 Å². The van der Waals surface area contributed by atoms with Crippen LogP contribution in [0.25, 0.3) is 0 Å². The fourth-order valence-corrected chi connectivity index (χ4v) is 3.71. The van der Waals surface area contributed by atoms with Crippen molar-refractivity contribution in [1.29, 1.82) is 0 Å². The molecule has 0 bridgehead atoms. The molecule has 0 spiro atoms. The van der Waals surface area contributed by atoms with Crippen LogP contribution in [-0.2, 0) is 20.6 Å². The summed E-state index contributed by atoms with van der Waals surface area (Å²) in [6.45, 7) is 1.57. The van der Waals surface area contributed by atoms with Gasteiger partial charge in [0.2, 0.25) is 15.9 Å². The molecule has 0 fully saturated rings. The third kappa shape index (κ3) is 6.07. The van der Waals surface area contributed by atoms with Gasteiger partial charge in [-0.05, 0) is 30.2 Å². The second-order valence-corrected chi connectivity index (χ2v) is 8.13. The number of halogens is 1. The maximum atomic E-state index is 12.1. The molecule has 0 aromatic heterocycles. The van der Waals surface area contributed by atoms with Crippen LogP contribution in [0, 0.1) is 0 Å². The molecule has 0 aliphatic carbocycles. The van der Waals surface area contributed by atoms with Gasteiger partial charge in [-0.25, -0.2) is 13.1 Å². The third-order valence-corrected chi connectivity index (χ3v) is 5.17. The number of hydrogen-bond acceptors (Lipinski definition) is 3. The van der Waals surface area contributed by atoms with Crippen LogP contribution in [-0.4, -0.2) is 20.9 Å². The zero-order valence-corrected chi connectivity index (χ0v) is 15.6. The molecule has 2 aromatic rings. The summed E-state index contributed by atoms with van der Waals surface area (Å²) in [6.07, 6.45) is 0. The Bertz CT molecular complexity index is 794. The molecule has 0 saturated heterocycles. The van der Waals surface area contributed by atoms with Gasteiger partial charge in [-0.1, -0.05) is 58.4 Å². The van der Waals surface area contributed by atoms with E-state index in [9.17, 15) is 13.2 Å². The Balaban J connectivity index is 1.86. The lowest BCUT2D eigenvalue weighted by Gasteiger charge is -2.14. The van der Waals surface area contributed by atoms with Crippen LogP contribution in [0.4, 0.5) is 0 Å². The van der Waals surface area contributed by atoms with Gasteiger partial charge in [0.1, 0.15) is 0 Å². The Morgan fingerprint density at radius 2 is 1.83 bits per heavy atom. The molecule has 0 radical (unpaired) electrons. The zero-order valence-electron chi connectivity index (χ0n) is 13.2. The fraction of sp³-hybridized carbons (Fsp3) is 0.235. The highest BCUT2D eigenvalue weighted by Crippen LogP contribution is 2.14. The number of amides is 1. The van der Waals surface area contributed by atoms with Gasteiger partial charge >= 0.3 is 0 Å². The molecule has 1 amide bonds. The first-order chi connectivity index (χ1) is 11.4. The average Bonchev–Trinajstić information content (AvgIpc) is 2.53. The summed E-state index contributed by atoms with van der Waals surface area (Å²) in [5.41, 5.74) is 1.61. The number of hydrogen-bond donors (Lipinski definition) is 2. The first-order valence-corrected chi connectivity index (χ1v) is 9.86. The highest BCUT2D eigenvalue weighted by atomic mass is 79.9. The van der Waals surface area contributed by atoms with E-state index in [0.717, 1.165) is 10.0 Å². The van der Waals surface area contributed by atoms with Crippen molar-refractivity contribution in [3.8, 4) is 0 Å². The molecule has 0 aliphatic heterocycles. The zero-order chi connectivity index (χ0) is 17.6. The molecule has 2 aromatic carbocycles. The fourth-order valence-electron chi connectivity index (χ4n) is 2.19. The normalized spacial score (nSPS) is 12.6. The number of benzene rings is 2. The summed E-state index contributed by atoms with van der Waals surface area (Å²) in [4.78, 5) is 11.9. The van der Waals surface area contributed by atoms with E-state index in [0.29, 0.717) is 5.56 Å². The van der Waals surface area contributed by atoms with E-state index in [2.05, 4.69) is 26.0 Å². The van der Waals surface area contributed by atoms with E-state index in [1.807, 2.05) is 43.3 Å². The molecule has 128 valence electrons. The van der Waals surface area contributed by atoms with Crippen LogP contribution in [0.3, 0.4) is 0 Å². The van der Waals surface area contributed by atoms with Gasteiger partial charge in [-0.2, -0.15) is 0 Å². The van der Waals surface area contributed by atoms with Gasteiger partial charge in [0.15, 0.2) is 0 Å². The number of sulfonamides is 1. The SMILES string of the molecule is CC(NC(=O)CNS(=O)(=O)Cc1cccc(Br)c1)c1ccccc1. The van der Waals surface area contributed by atoms with E-state index in [1.165, 1.54) is 0 Å². The van der Waals surface area contributed by atoms with Crippen molar-refractivity contribution in [3.05, 3.63) is 70.2 Å². The van der Waals surface area contributed by atoms with Crippen LogP contribution >= 0.6 is 15.9 Å². The Morgan fingerprint density at radius 1 is 1.12 bits per heavy atom. The van der Waals surface area contributed by atoms with Crippen molar-refractivity contribution in [2.24, 2.45) is 0 Å². The minimum absolute atomic E-state index is 0.173. The number of rotatable bonds is 7. The van der Waals surface area contributed by atoms with E-state index >= 15 is 0 Å². The molecule has 7 heteroatoms. The van der Waals surface area contributed by atoms with Gasteiger partial charge in [-0.15, -0.1) is 0 Å². The highest BCUT2D eigenvalue weighted by Gasteiger charge is 2.15. The van der Waals surface area contributed by atoms with Crippen LogP contribution < -0.4 is 10.0 Å². The van der Waals surface area contributed by atoms with Crippen molar-refractivity contribution in [1.82, 2.24) is 10.0 Å². The maximum Gasteiger partial charge on any atom is 0.235 e. The standard InChI is InChI=1S/C17H19BrN2O3S/c1-13(15-7-3-2-4-8-15)20-17(21)11-19-24(22,23)12-14-6-5-9-16(18)10-14/h2-10,13,19H,11-12H2,1H3,(H,20,21). The van der Waals surface area contributed by atoms with Crippen LogP contribution in [0.15, 0.2) is 59.1 Å². The second-order valence-electron chi connectivity index (χ2n) is 5.41. The number of carbonyl (C=O) groups excluding carboxylic acids is 1. The molecule has 1 unspecified atom stereocenters. The maximum absolute atomic E-state index is 12.1. The molecule has 0 saturated carbocycles. The average molecular weight is 411 g/mol. The first kappa shape index (κ1) is 18.6. The summed E-state index contributed by atoms with van der Waals surface area (Å²) < 4.78 is 27.3. The van der Waals surface area contributed by atoms with E-state index in [-0.39, 0.29) is 24.2 Å². The molecular formula is C17H19BrN2O3S. The summed E-state index contributed by atoms with van der Waals surface area (Å²) in [5, 5.41) is 2.77. The largest absolute Gasteiger partial charge is 0.348 e. The Hall–Kier alpha value is -1.70. The Kier molecular flexibility index (Phi) is 6.53. The van der Waals surface area contributed by atoms with Gasteiger partial charge in [-0.3, -0.25) is 4.79 Å². The van der Waals surface area contributed by atoms with Gasteiger partial charge in [0.25, 0.3) is 0 Å². The third-order valence-electron chi connectivity index (χ3n) is 3.38. The van der Waals surface area contributed by atoms with Crippen molar-refractivity contribution in [2.45, 2.75) is 18.7 Å². The first-order valence-electron chi connectivity index (χ1n) is 7.42. The van der Waals surface area contributed by atoms with Gasteiger partial charge < -0.3 is 5.32 Å². The Labute approximate surface area is 150 Å². The molecular weight excluding hydrogens is 392 g/mol. The molecule has 5 nitrogen and oxygen atoms in total. The summed E-state index contributed by atoms with van der Waals surface area (Å²) in [7, 11) is -3.58. The quantitative estimate of drug-likeness (QED) is 0.736. The smallest absolute Gasteiger partial charge is 0.235 e. The van der Waals surface area contributed by atoms with E-state index < -0.39 is 10.0 Å². The monoisotopic (exact) mass is 410 g/mol.